The van der Waals surface area contributed by atoms with Gasteiger partial charge in [-0.15, -0.1) is 0 Å². The SMILES string of the molecule is Cc1ccc(OCC(O)CN2CCCC(N3CCCC3=O)C2)c(C)c1. The molecule has 3 rings (SSSR count). The first-order valence-electron chi connectivity index (χ1n) is 9.43. The topological polar surface area (TPSA) is 53.0 Å². The first-order valence-corrected chi connectivity index (χ1v) is 9.43. The molecule has 0 saturated carbocycles. The summed E-state index contributed by atoms with van der Waals surface area (Å²) in [6.45, 7) is 7.74. The van der Waals surface area contributed by atoms with Crippen LogP contribution in [-0.2, 0) is 4.79 Å². The number of piperidine rings is 1. The van der Waals surface area contributed by atoms with Gasteiger partial charge < -0.3 is 14.7 Å². The van der Waals surface area contributed by atoms with E-state index in [1.807, 2.05) is 24.0 Å². The van der Waals surface area contributed by atoms with Crippen LogP contribution in [0.1, 0.15) is 36.8 Å². The van der Waals surface area contributed by atoms with Gasteiger partial charge in [0.25, 0.3) is 0 Å². The van der Waals surface area contributed by atoms with Crippen LogP contribution in [0.25, 0.3) is 0 Å². The normalized spacial score (nSPS) is 23.1. The molecule has 0 radical (unpaired) electrons. The molecule has 2 fully saturated rings. The fourth-order valence-corrected chi connectivity index (χ4v) is 4.00. The molecular weight excluding hydrogens is 316 g/mol. The molecule has 2 saturated heterocycles. The first kappa shape index (κ1) is 18.2. The van der Waals surface area contributed by atoms with E-state index in [2.05, 4.69) is 17.9 Å². The largest absolute Gasteiger partial charge is 0.491 e. The molecule has 1 aromatic rings. The number of hydrogen-bond acceptors (Lipinski definition) is 4. The van der Waals surface area contributed by atoms with Gasteiger partial charge in [0, 0.05) is 32.1 Å². The molecule has 0 aliphatic carbocycles. The minimum atomic E-state index is -0.520. The third-order valence-corrected chi connectivity index (χ3v) is 5.26. The van der Waals surface area contributed by atoms with Crippen LogP contribution in [0.5, 0.6) is 5.75 Å². The quantitative estimate of drug-likeness (QED) is 0.857. The molecule has 0 bridgehead atoms. The Kier molecular flexibility index (Phi) is 5.97. The van der Waals surface area contributed by atoms with Gasteiger partial charge in [0.05, 0.1) is 0 Å². The zero-order chi connectivity index (χ0) is 17.8. The van der Waals surface area contributed by atoms with Gasteiger partial charge in [-0.2, -0.15) is 0 Å². The van der Waals surface area contributed by atoms with E-state index in [9.17, 15) is 9.90 Å². The number of carbonyl (C=O) groups is 1. The molecule has 138 valence electrons. The lowest BCUT2D eigenvalue weighted by molar-refractivity contribution is -0.130. The van der Waals surface area contributed by atoms with Crippen molar-refractivity contribution in [3.05, 3.63) is 29.3 Å². The zero-order valence-electron chi connectivity index (χ0n) is 15.4. The predicted molar refractivity (Wildman–Crippen MR) is 97.8 cm³/mol. The van der Waals surface area contributed by atoms with Crippen molar-refractivity contribution in [1.82, 2.24) is 9.80 Å². The van der Waals surface area contributed by atoms with Gasteiger partial charge in [-0.3, -0.25) is 9.69 Å². The van der Waals surface area contributed by atoms with Crippen LogP contribution in [0.2, 0.25) is 0 Å². The van der Waals surface area contributed by atoms with Crippen LogP contribution in [0.4, 0.5) is 0 Å². The Labute approximate surface area is 150 Å². The number of hydrogen-bond donors (Lipinski definition) is 1. The standard InChI is InChI=1S/C20H30N2O3/c1-15-7-8-19(16(2)11-15)25-14-18(23)13-21-9-3-5-17(12-21)22-10-4-6-20(22)24/h7-8,11,17-18,23H,3-6,9-10,12-14H2,1-2H3. The van der Waals surface area contributed by atoms with Crippen LogP contribution >= 0.6 is 0 Å². The summed E-state index contributed by atoms with van der Waals surface area (Å²) in [6, 6.07) is 6.39. The maximum atomic E-state index is 12.0. The average Bonchev–Trinajstić information content (AvgIpc) is 3.00. The molecule has 5 nitrogen and oxygen atoms in total. The molecule has 1 aromatic carbocycles. The van der Waals surface area contributed by atoms with Crippen molar-refractivity contribution < 1.29 is 14.6 Å². The third kappa shape index (κ3) is 4.73. The molecule has 1 amide bonds. The molecule has 2 unspecified atom stereocenters. The number of amides is 1. The van der Waals surface area contributed by atoms with E-state index in [4.69, 9.17) is 4.74 Å². The van der Waals surface area contributed by atoms with E-state index in [1.165, 1.54) is 5.56 Å². The van der Waals surface area contributed by atoms with Gasteiger partial charge in [-0.05, 0) is 51.3 Å². The summed E-state index contributed by atoms with van der Waals surface area (Å²) in [7, 11) is 0. The molecule has 5 heteroatoms. The highest BCUT2D eigenvalue weighted by Gasteiger charge is 2.31. The number of aryl methyl sites for hydroxylation is 2. The van der Waals surface area contributed by atoms with Gasteiger partial charge >= 0.3 is 0 Å². The van der Waals surface area contributed by atoms with Crippen molar-refractivity contribution in [2.45, 2.75) is 51.7 Å². The Balaban J connectivity index is 1.47. The molecule has 0 aromatic heterocycles. The van der Waals surface area contributed by atoms with Crippen LogP contribution in [-0.4, -0.2) is 65.7 Å². The number of rotatable bonds is 6. The highest BCUT2D eigenvalue weighted by molar-refractivity contribution is 5.78. The summed E-state index contributed by atoms with van der Waals surface area (Å²) in [5.74, 6) is 1.13. The lowest BCUT2D eigenvalue weighted by Gasteiger charge is -2.38. The highest BCUT2D eigenvalue weighted by Crippen LogP contribution is 2.22. The van der Waals surface area contributed by atoms with Crippen molar-refractivity contribution in [3.8, 4) is 5.75 Å². The minimum absolute atomic E-state index is 0.297. The maximum absolute atomic E-state index is 12.0. The molecule has 2 heterocycles. The van der Waals surface area contributed by atoms with Crippen molar-refractivity contribution in [2.24, 2.45) is 0 Å². The summed E-state index contributed by atoms with van der Waals surface area (Å²) in [6.07, 6.45) is 3.33. The fraction of sp³-hybridized carbons (Fsp3) is 0.650. The average molecular weight is 346 g/mol. The second-order valence-electron chi connectivity index (χ2n) is 7.48. The first-order chi connectivity index (χ1) is 12.0. The molecule has 2 aliphatic rings. The molecule has 25 heavy (non-hydrogen) atoms. The Morgan fingerprint density at radius 2 is 2.12 bits per heavy atom. The third-order valence-electron chi connectivity index (χ3n) is 5.26. The maximum Gasteiger partial charge on any atom is 0.222 e. The lowest BCUT2D eigenvalue weighted by Crippen LogP contribution is -2.50. The summed E-state index contributed by atoms with van der Waals surface area (Å²) >= 11 is 0. The number of aliphatic hydroxyl groups is 1. The molecule has 2 atom stereocenters. The van der Waals surface area contributed by atoms with E-state index in [1.54, 1.807) is 0 Å². The minimum Gasteiger partial charge on any atom is -0.491 e. The Morgan fingerprint density at radius 1 is 1.28 bits per heavy atom. The van der Waals surface area contributed by atoms with E-state index in [0.29, 0.717) is 31.5 Å². The van der Waals surface area contributed by atoms with Gasteiger partial charge in [-0.25, -0.2) is 0 Å². The van der Waals surface area contributed by atoms with Crippen molar-refractivity contribution in [3.63, 3.8) is 0 Å². The summed E-state index contributed by atoms with van der Waals surface area (Å²) in [4.78, 5) is 16.3. The number of carbonyl (C=O) groups excluding carboxylic acids is 1. The Hall–Kier alpha value is -1.59. The summed E-state index contributed by atoms with van der Waals surface area (Å²) < 4.78 is 5.80. The van der Waals surface area contributed by atoms with Gasteiger partial charge in [0.2, 0.25) is 5.91 Å². The van der Waals surface area contributed by atoms with Crippen LogP contribution < -0.4 is 4.74 Å². The smallest absolute Gasteiger partial charge is 0.222 e. The van der Waals surface area contributed by atoms with E-state index in [-0.39, 0.29) is 0 Å². The molecule has 1 N–H and O–H groups in total. The molecular formula is C20H30N2O3. The van der Waals surface area contributed by atoms with Gasteiger partial charge in [-0.1, -0.05) is 17.7 Å². The van der Waals surface area contributed by atoms with E-state index in [0.717, 1.165) is 50.2 Å². The number of β-amino-alcohol motifs (C(OH)–C–C–N with tert-alkyl or cyclic N) is 1. The van der Waals surface area contributed by atoms with Crippen molar-refractivity contribution in [2.75, 3.05) is 32.8 Å². The zero-order valence-corrected chi connectivity index (χ0v) is 15.4. The number of aliphatic hydroxyl groups excluding tert-OH is 1. The number of ether oxygens (including phenoxy) is 1. The van der Waals surface area contributed by atoms with Gasteiger partial charge in [0.15, 0.2) is 0 Å². The van der Waals surface area contributed by atoms with Crippen molar-refractivity contribution >= 4 is 5.91 Å². The molecule has 2 aliphatic heterocycles. The van der Waals surface area contributed by atoms with Crippen LogP contribution in [0.3, 0.4) is 0 Å². The predicted octanol–water partition coefficient (Wildman–Crippen LogP) is 2.13. The van der Waals surface area contributed by atoms with E-state index < -0.39 is 6.10 Å². The van der Waals surface area contributed by atoms with Gasteiger partial charge in [0.1, 0.15) is 18.5 Å². The van der Waals surface area contributed by atoms with Crippen LogP contribution in [0, 0.1) is 13.8 Å². The number of nitrogens with zero attached hydrogens (tertiary/aromatic N) is 2. The summed E-state index contributed by atoms with van der Waals surface area (Å²) in [5.41, 5.74) is 2.30. The summed E-state index contributed by atoms with van der Waals surface area (Å²) in [5, 5.41) is 10.4. The Morgan fingerprint density at radius 3 is 2.84 bits per heavy atom. The lowest BCUT2D eigenvalue weighted by atomic mass is 10.0. The highest BCUT2D eigenvalue weighted by atomic mass is 16.5. The second kappa shape index (κ2) is 8.19. The number of likely N-dealkylation sites (tertiary alicyclic amines) is 2. The van der Waals surface area contributed by atoms with E-state index >= 15 is 0 Å². The Bertz CT molecular complexity index is 605. The monoisotopic (exact) mass is 346 g/mol. The second-order valence-corrected chi connectivity index (χ2v) is 7.48. The van der Waals surface area contributed by atoms with Crippen LogP contribution in [0.15, 0.2) is 18.2 Å². The molecule has 0 spiro atoms. The van der Waals surface area contributed by atoms with Crippen molar-refractivity contribution in [1.29, 1.82) is 0 Å². The number of benzene rings is 1. The fourth-order valence-electron chi connectivity index (χ4n) is 4.00.